The van der Waals surface area contributed by atoms with Crippen molar-refractivity contribution in [2.75, 3.05) is 0 Å². The molecule has 6 heteroatoms. The first-order valence-corrected chi connectivity index (χ1v) is 8.84. The van der Waals surface area contributed by atoms with Crippen LogP contribution in [0.15, 0.2) is 78.1 Å². The number of carbonyl (C=O) groups is 1. The summed E-state index contributed by atoms with van der Waals surface area (Å²) in [6, 6.07) is 15.0. The highest BCUT2D eigenvalue weighted by atomic mass is 16.1. The lowest BCUT2D eigenvalue weighted by Gasteiger charge is -2.08. The molecule has 28 heavy (non-hydrogen) atoms. The lowest BCUT2D eigenvalue weighted by molar-refractivity contribution is 0.0950. The van der Waals surface area contributed by atoms with E-state index in [-0.39, 0.29) is 11.5 Å². The summed E-state index contributed by atoms with van der Waals surface area (Å²) < 4.78 is 1.56. The quantitative estimate of drug-likeness (QED) is 0.599. The predicted molar refractivity (Wildman–Crippen MR) is 108 cm³/mol. The summed E-state index contributed by atoms with van der Waals surface area (Å²) in [5, 5.41) is 4.85. The van der Waals surface area contributed by atoms with Crippen molar-refractivity contribution in [3.63, 3.8) is 0 Å². The van der Waals surface area contributed by atoms with Crippen molar-refractivity contribution in [1.82, 2.24) is 19.9 Å². The van der Waals surface area contributed by atoms with E-state index in [9.17, 15) is 9.59 Å². The van der Waals surface area contributed by atoms with Crippen LogP contribution in [0.25, 0.3) is 21.9 Å². The Labute approximate surface area is 161 Å². The molecule has 0 aliphatic rings. The van der Waals surface area contributed by atoms with Crippen molar-refractivity contribution >= 4 is 16.7 Å². The summed E-state index contributed by atoms with van der Waals surface area (Å²) in [7, 11) is 1.73. The number of aryl methyl sites for hydroxylation is 1. The number of pyridine rings is 1. The molecule has 0 aliphatic carbocycles. The summed E-state index contributed by atoms with van der Waals surface area (Å²) in [5.74, 6) is -0.158. The molecular weight excluding hydrogens is 352 g/mol. The van der Waals surface area contributed by atoms with Gasteiger partial charge < -0.3 is 9.88 Å². The third kappa shape index (κ3) is 3.66. The monoisotopic (exact) mass is 370 g/mol. The Morgan fingerprint density at radius 2 is 1.79 bits per heavy atom. The largest absolute Gasteiger partial charge is 0.346 e. The van der Waals surface area contributed by atoms with Crippen molar-refractivity contribution in [1.29, 1.82) is 0 Å². The zero-order valence-electron chi connectivity index (χ0n) is 15.3. The molecule has 0 spiro atoms. The smallest absolute Gasteiger partial charge is 0.251 e. The van der Waals surface area contributed by atoms with E-state index in [1.54, 1.807) is 42.3 Å². The maximum absolute atomic E-state index is 12.4. The lowest BCUT2D eigenvalue weighted by Crippen LogP contribution is -2.23. The normalized spacial score (nSPS) is 10.8. The molecule has 0 radical (unpaired) electrons. The van der Waals surface area contributed by atoms with Crippen LogP contribution in [0.2, 0.25) is 0 Å². The van der Waals surface area contributed by atoms with Crippen LogP contribution in [0.3, 0.4) is 0 Å². The predicted octanol–water partition coefficient (Wildman–Crippen LogP) is 2.93. The molecular formula is C22H18N4O2. The highest BCUT2D eigenvalue weighted by Gasteiger charge is 2.08. The first-order valence-electron chi connectivity index (χ1n) is 8.84. The Kier molecular flexibility index (Phi) is 4.68. The van der Waals surface area contributed by atoms with Crippen molar-refractivity contribution in [3.8, 4) is 11.1 Å². The lowest BCUT2D eigenvalue weighted by atomic mass is 10.0. The van der Waals surface area contributed by atoms with Gasteiger partial charge in [-0.3, -0.25) is 19.6 Å². The highest BCUT2D eigenvalue weighted by Crippen LogP contribution is 2.24. The molecule has 2 aromatic carbocycles. The van der Waals surface area contributed by atoms with Gasteiger partial charge in [0.05, 0.1) is 18.4 Å². The fraction of sp³-hybridized carbons (Fsp3) is 0.0909. The number of hydrogen-bond donors (Lipinski definition) is 1. The van der Waals surface area contributed by atoms with Crippen molar-refractivity contribution < 1.29 is 4.79 Å². The number of nitrogens with zero attached hydrogens (tertiary/aromatic N) is 3. The zero-order chi connectivity index (χ0) is 19.5. The SMILES string of the molecule is Cn1cc(-c2ccc3cc(C(=O)NCc4cnccn4)ccc3c2)ccc1=O. The molecule has 0 saturated carbocycles. The molecule has 0 atom stereocenters. The van der Waals surface area contributed by atoms with Gasteiger partial charge in [0, 0.05) is 37.3 Å². The average molecular weight is 370 g/mol. The van der Waals surface area contributed by atoms with Crippen LogP contribution >= 0.6 is 0 Å². The second kappa shape index (κ2) is 7.44. The van der Waals surface area contributed by atoms with Gasteiger partial charge in [0.1, 0.15) is 0 Å². The zero-order valence-corrected chi connectivity index (χ0v) is 15.3. The molecule has 138 valence electrons. The van der Waals surface area contributed by atoms with Crippen LogP contribution < -0.4 is 10.9 Å². The van der Waals surface area contributed by atoms with E-state index >= 15 is 0 Å². The third-order valence-corrected chi connectivity index (χ3v) is 4.57. The molecule has 1 amide bonds. The minimum Gasteiger partial charge on any atom is -0.346 e. The van der Waals surface area contributed by atoms with E-state index in [4.69, 9.17) is 0 Å². The first kappa shape index (κ1) is 17.6. The van der Waals surface area contributed by atoms with Gasteiger partial charge in [-0.1, -0.05) is 18.2 Å². The minimum absolute atomic E-state index is 0.0401. The highest BCUT2D eigenvalue weighted by molar-refractivity contribution is 5.99. The number of rotatable bonds is 4. The molecule has 0 saturated heterocycles. The number of nitrogens with one attached hydrogen (secondary N) is 1. The van der Waals surface area contributed by atoms with Gasteiger partial charge in [-0.05, 0) is 46.2 Å². The average Bonchev–Trinajstić information content (AvgIpc) is 2.74. The topological polar surface area (TPSA) is 76.9 Å². The van der Waals surface area contributed by atoms with Crippen molar-refractivity contribution in [3.05, 3.63) is 94.9 Å². The van der Waals surface area contributed by atoms with Crippen LogP contribution in [0, 0.1) is 0 Å². The van der Waals surface area contributed by atoms with Crippen LogP contribution in [-0.2, 0) is 13.6 Å². The van der Waals surface area contributed by atoms with Crippen LogP contribution in [-0.4, -0.2) is 20.4 Å². The fourth-order valence-electron chi connectivity index (χ4n) is 3.03. The van der Waals surface area contributed by atoms with Crippen LogP contribution in [0.5, 0.6) is 0 Å². The second-order valence-corrected chi connectivity index (χ2v) is 6.52. The Hall–Kier alpha value is -3.80. The first-order chi connectivity index (χ1) is 13.6. The number of carbonyl (C=O) groups excluding carboxylic acids is 1. The van der Waals surface area contributed by atoms with Crippen molar-refractivity contribution in [2.45, 2.75) is 6.54 Å². The van der Waals surface area contributed by atoms with Gasteiger partial charge >= 0.3 is 0 Å². The maximum Gasteiger partial charge on any atom is 0.251 e. The van der Waals surface area contributed by atoms with E-state index < -0.39 is 0 Å². The van der Waals surface area contributed by atoms with Gasteiger partial charge in [-0.2, -0.15) is 0 Å². The molecule has 0 fully saturated rings. The summed E-state index contributed by atoms with van der Waals surface area (Å²) >= 11 is 0. The summed E-state index contributed by atoms with van der Waals surface area (Å²) in [4.78, 5) is 32.1. The van der Waals surface area contributed by atoms with Gasteiger partial charge in [-0.15, -0.1) is 0 Å². The number of aromatic nitrogens is 3. The van der Waals surface area contributed by atoms with Gasteiger partial charge in [-0.25, -0.2) is 0 Å². The summed E-state index contributed by atoms with van der Waals surface area (Å²) in [5.41, 5.74) is 3.24. The van der Waals surface area contributed by atoms with E-state index in [0.717, 1.165) is 21.9 Å². The van der Waals surface area contributed by atoms with E-state index in [0.29, 0.717) is 17.8 Å². The molecule has 2 aromatic heterocycles. The molecule has 1 N–H and O–H groups in total. The fourth-order valence-corrected chi connectivity index (χ4v) is 3.03. The molecule has 6 nitrogen and oxygen atoms in total. The Morgan fingerprint density at radius 1 is 1.00 bits per heavy atom. The number of amides is 1. The number of hydrogen-bond acceptors (Lipinski definition) is 4. The maximum atomic E-state index is 12.4. The van der Waals surface area contributed by atoms with Gasteiger partial charge in [0.2, 0.25) is 5.56 Å². The number of benzene rings is 2. The molecule has 4 rings (SSSR count). The Bertz CT molecular complexity index is 1220. The Morgan fingerprint density at radius 3 is 2.57 bits per heavy atom. The summed E-state index contributed by atoms with van der Waals surface area (Å²) in [6.45, 7) is 0.330. The van der Waals surface area contributed by atoms with Crippen molar-refractivity contribution in [2.24, 2.45) is 7.05 Å². The Balaban J connectivity index is 1.57. The van der Waals surface area contributed by atoms with E-state index in [1.807, 2.05) is 36.5 Å². The number of fused-ring (bicyclic) bond motifs is 1. The van der Waals surface area contributed by atoms with Crippen LogP contribution in [0.4, 0.5) is 0 Å². The minimum atomic E-state index is -0.158. The molecule has 0 unspecified atom stereocenters. The summed E-state index contributed by atoms with van der Waals surface area (Å²) in [6.07, 6.45) is 6.64. The van der Waals surface area contributed by atoms with Gasteiger partial charge in [0.25, 0.3) is 5.91 Å². The molecule has 2 heterocycles. The van der Waals surface area contributed by atoms with Crippen LogP contribution in [0.1, 0.15) is 16.1 Å². The second-order valence-electron chi connectivity index (χ2n) is 6.52. The third-order valence-electron chi connectivity index (χ3n) is 4.57. The van der Waals surface area contributed by atoms with Gasteiger partial charge in [0.15, 0.2) is 0 Å². The standard InChI is InChI=1S/C22H18N4O2/c1-26-14-19(6-7-21(26)27)17-3-2-16-11-18(5-4-15(16)10-17)22(28)25-13-20-12-23-8-9-24-20/h2-12,14H,13H2,1H3,(H,25,28). The molecule has 4 aromatic rings. The van der Waals surface area contributed by atoms with E-state index in [1.165, 1.54) is 0 Å². The van der Waals surface area contributed by atoms with E-state index in [2.05, 4.69) is 21.4 Å². The molecule has 0 aliphatic heterocycles. The molecule has 0 bridgehead atoms.